The Bertz CT molecular complexity index is 691. The average molecular weight is 312 g/mol. The lowest BCUT2D eigenvalue weighted by Crippen LogP contribution is -2.11. The normalized spacial score (nSPS) is 10.2. The van der Waals surface area contributed by atoms with E-state index in [-0.39, 0.29) is 11.5 Å². The molecule has 0 saturated carbocycles. The molecule has 0 atom stereocenters. The molecule has 0 aliphatic rings. The van der Waals surface area contributed by atoms with Crippen LogP contribution in [0.2, 0.25) is 0 Å². The molecular formula is C19H20O4. The highest BCUT2D eigenvalue weighted by molar-refractivity contribution is 5.99. The number of unbranched alkanes of at least 4 members (excludes halogenated alkanes) is 1. The van der Waals surface area contributed by atoms with E-state index in [1.54, 1.807) is 48.5 Å². The maximum absolute atomic E-state index is 12.3. The molecule has 0 aromatic heterocycles. The quantitative estimate of drug-likeness (QED) is 0.331. The van der Waals surface area contributed by atoms with Crippen molar-refractivity contribution in [1.82, 2.24) is 0 Å². The second-order valence-electron chi connectivity index (χ2n) is 5.17. The first-order valence-electron chi connectivity index (χ1n) is 7.67. The fraction of sp³-hybridized carbons (Fsp3) is 0.263. The van der Waals surface area contributed by atoms with Crippen molar-refractivity contribution in [1.29, 1.82) is 0 Å². The molecule has 0 N–H and O–H groups in total. The zero-order valence-electron chi connectivity index (χ0n) is 13.4. The molecule has 2 aromatic rings. The predicted octanol–water partition coefficient (Wildman–Crippen LogP) is 4.29. The van der Waals surface area contributed by atoms with E-state index >= 15 is 0 Å². The molecule has 0 aliphatic carbocycles. The second-order valence-corrected chi connectivity index (χ2v) is 5.17. The first-order valence-corrected chi connectivity index (χ1v) is 7.67. The third-order valence-corrected chi connectivity index (χ3v) is 3.31. The fourth-order valence-electron chi connectivity index (χ4n) is 2.05. The predicted molar refractivity (Wildman–Crippen MR) is 88.3 cm³/mol. The lowest BCUT2D eigenvalue weighted by molar-refractivity contribution is 0.0732. The van der Waals surface area contributed by atoms with Crippen LogP contribution in [0, 0.1) is 0 Å². The van der Waals surface area contributed by atoms with Crippen LogP contribution in [0.1, 0.15) is 47.4 Å². The van der Waals surface area contributed by atoms with E-state index in [4.69, 9.17) is 9.47 Å². The Labute approximate surface area is 136 Å². The summed E-state index contributed by atoms with van der Waals surface area (Å²) in [5, 5.41) is 0. The van der Waals surface area contributed by atoms with Gasteiger partial charge < -0.3 is 9.47 Å². The third-order valence-electron chi connectivity index (χ3n) is 3.31. The highest BCUT2D eigenvalue weighted by Crippen LogP contribution is 2.21. The lowest BCUT2D eigenvalue weighted by atomic mass is 10.1. The number of Topliss-reactive ketones (excluding diaryl/α,β-unsaturated/α-hetero) is 1. The van der Waals surface area contributed by atoms with Crippen LogP contribution in [0.5, 0.6) is 11.5 Å². The molecule has 0 amide bonds. The molecule has 0 spiro atoms. The maximum atomic E-state index is 12.3. The maximum Gasteiger partial charge on any atom is 0.343 e. The SMILES string of the molecule is CCCCOc1cccc(C(=O)Oc2ccccc2C(C)=O)c1. The summed E-state index contributed by atoms with van der Waals surface area (Å²) in [5.41, 5.74) is 0.772. The van der Waals surface area contributed by atoms with E-state index in [9.17, 15) is 9.59 Å². The highest BCUT2D eigenvalue weighted by atomic mass is 16.5. The van der Waals surface area contributed by atoms with Gasteiger partial charge in [-0.2, -0.15) is 0 Å². The molecule has 23 heavy (non-hydrogen) atoms. The van der Waals surface area contributed by atoms with Crippen molar-refractivity contribution in [3.63, 3.8) is 0 Å². The minimum atomic E-state index is -0.514. The molecule has 0 bridgehead atoms. The smallest absolute Gasteiger partial charge is 0.343 e. The summed E-state index contributed by atoms with van der Waals surface area (Å²) < 4.78 is 10.9. The van der Waals surface area contributed by atoms with Gasteiger partial charge in [-0.15, -0.1) is 0 Å². The Kier molecular flexibility index (Phi) is 5.92. The highest BCUT2D eigenvalue weighted by Gasteiger charge is 2.14. The van der Waals surface area contributed by atoms with Crippen molar-refractivity contribution in [2.75, 3.05) is 6.61 Å². The van der Waals surface area contributed by atoms with Crippen LogP contribution >= 0.6 is 0 Å². The molecule has 0 aliphatic heterocycles. The zero-order valence-corrected chi connectivity index (χ0v) is 13.4. The molecule has 0 fully saturated rings. The summed E-state index contributed by atoms with van der Waals surface area (Å²) >= 11 is 0. The molecule has 4 heteroatoms. The topological polar surface area (TPSA) is 52.6 Å². The van der Waals surface area contributed by atoms with Gasteiger partial charge in [0.2, 0.25) is 0 Å². The number of esters is 1. The fourth-order valence-corrected chi connectivity index (χ4v) is 2.05. The molecule has 0 saturated heterocycles. The molecule has 0 unspecified atom stereocenters. The van der Waals surface area contributed by atoms with Crippen molar-refractivity contribution in [3.05, 3.63) is 59.7 Å². The summed E-state index contributed by atoms with van der Waals surface area (Å²) in [7, 11) is 0. The number of ketones is 1. The Morgan fingerprint density at radius 2 is 1.83 bits per heavy atom. The summed E-state index contributed by atoms with van der Waals surface area (Å²) in [4.78, 5) is 23.9. The molecular weight excluding hydrogens is 292 g/mol. The summed E-state index contributed by atoms with van der Waals surface area (Å²) in [6.45, 7) is 4.14. The number of ether oxygens (including phenoxy) is 2. The van der Waals surface area contributed by atoms with Crippen LogP contribution in [0.25, 0.3) is 0 Å². The number of carbonyl (C=O) groups is 2. The average Bonchev–Trinajstić information content (AvgIpc) is 2.55. The van der Waals surface area contributed by atoms with E-state index in [0.717, 1.165) is 12.8 Å². The largest absolute Gasteiger partial charge is 0.494 e. The minimum absolute atomic E-state index is 0.148. The van der Waals surface area contributed by atoms with Gasteiger partial charge in [0.05, 0.1) is 17.7 Å². The van der Waals surface area contributed by atoms with Gasteiger partial charge >= 0.3 is 5.97 Å². The van der Waals surface area contributed by atoms with Crippen LogP contribution in [-0.4, -0.2) is 18.4 Å². The first-order chi connectivity index (χ1) is 11.1. The van der Waals surface area contributed by atoms with E-state index in [1.165, 1.54) is 6.92 Å². The van der Waals surface area contributed by atoms with Gasteiger partial charge in [-0.3, -0.25) is 4.79 Å². The van der Waals surface area contributed by atoms with Crippen LogP contribution in [0.4, 0.5) is 0 Å². The molecule has 120 valence electrons. The molecule has 4 nitrogen and oxygen atoms in total. The van der Waals surface area contributed by atoms with Crippen LogP contribution < -0.4 is 9.47 Å². The molecule has 2 rings (SSSR count). The van der Waals surface area contributed by atoms with Gasteiger partial charge in [-0.1, -0.05) is 31.5 Å². The van der Waals surface area contributed by atoms with Crippen molar-refractivity contribution in [2.24, 2.45) is 0 Å². The summed E-state index contributed by atoms with van der Waals surface area (Å²) in [5.74, 6) is 0.236. The molecule has 2 aromatic carbocycles. The van der Waals surface area contributed by atoms with Gasteiger partial charge in [0, 0.05) is 0 Å². The summed E-state index contributed by atoms with van der Waals surface area (Å²) in [6.07, 6.45) is 2.00. The van der Waals surface area contributed by atoms with Crippen LogP contribution in [0.3, 0.4) is 0 Å². The van der Waals surface area contributed by atoms with Gasteiger partial charge in [0.25, 0.3) is 0 Å². The van der Waals surface area contributed by atoms with E-state index in [1.807, 2.05) is 0 Å². The van der Waals surface area contributed by atoms with Gasteiger partial charge in [0.15, 0.2) is 5.78 Å². The van der Waals surface area contributed by atoms with Crippen molar-refractivity contribution in [3.8, 4) is 11.5 Å². The Hall–Kier alpha value is -2.62. The van der Waals surface area contributed by atoms with Crippen molar-refractivity contribution in [2.45, 2.75) is 26.7 Å². The minimum Gasteiger partial charge on any atom is -0.494 e. The van der Waals surface area contributed by atoms with Gasteiger partial charge in [-0.05, 0) is 43.7 Å². The first kappa shape index (κ1) is 16.7. The van der Waals surface area contributed by atoms with E-state index < -0.39 is 5.97 Å². The molecule has 0 heterocycles. The zero-order chi connectivity index (χ0) is 16.7. The van der Waals surface area contributed by atoms with E-state index in [0.29, 0.717) is 23.5 Å². The van der Waals surface area contributed by atoms with Gasteiger partial charge in [-0.25, -0.2) is 4.79 Å². The van der Waals surface area contributed by atoms with Crippen molar-refractivity contribution < 1.29 is 19.1 Å². The van der Waals surface area contributed by atoms with Gasteiger partial charge in [0.1, 0.15) is 11.5 Å². The monoisotopic (exact) mass is 312 g/mol. The Balaban J connectivity index is 2.12. The standard InChI is InChI=1S/C19H20O4/c1-3-4-12-22-16-9-7-8-15(13-16)19(21)23-18-11-6-5-10-17(18)14(2)20/h5-11,13H,3-4,12H2,1-2H3. The van der Waals surface area contributed by atoms with Crippen LogP contribution in [-0.2, 0) is 0 Å². The molecule has 0 radical (unpaired) electrons. The number of rotatable bonds is 7. The Morgan fingerprint density at radius 3 is 2.57 bits per heavy atom. The lowest BCUT2D eigenvalue weighted by Gasteiger charge is -2.09. The summed E-state index contributed by atoms with van der Waals surface area (Å²) in [6, 6.07) is 13.5. The third kappa shape index (κ3) is 4.68. The number of benzene rings is 2. The van der Waals surface area contributed by atoms with Crippen molar-refractivity contribution >= 4 is 11.8 Å². The number of hydrogen-bond donors (Lipinski definition) is 0. The number of hydrogen-bond acceptors (Lipinski definition) is 4. The number of para-hydroxylation sites is 1. The van der Waals surface area contributed by atoms with E-state index in [2.05, 4.69) is 6.92 Å². The number of carbonyl (C=O) groups excluding carboxylic acids is 2. The Morgan fingerprint density at radius 1 is 1.04 bits per heavy atom. The second kappa shape index (κ2) is 8.13. The van der Waals surface area contributed by atoms with Crippen LogP contribution in [0.15, 0.2) is 48.5 Å².